The van der Waals surface area contributed by atoms with Crippen LogP contribution in [0.3, 0.4) is 0 Å². The molecule has 3 rings (SSSR count). The highest BCUT2D eigenvalue weighted by Gasteiger charge is 2.32. The summed E-state index contributed by atoms with van der Waals surface area (Å²) in [6.07, 6.45) is 0. The number of primary amides is 1. The van der Waals surface area contributed by atoms with Crippen molar-refractivity contribution >= 4 is 27.5 Å². The van der Waals surface area contributed by atoms with Crippen molar-refractivity contribution in [1.82, 2.24) is 15.2 Å². The van der Waals surface area contributed by atoms with E-state index < -0.39 is 0 Å². The van der Waals surface area contributed by atoms with Gasteiger partial charge in [-0.05, 0) is 19.1 Å². The summed E-state index contributed by atoms with van der Waals surface area (Å²) >= 11 is 1.69. The normalized spacial score (nSPS) is 21.9. The number of para-hydroxylation sites is 1. The molecule has 1 saturated heterocycles. The summed E-state index contributed by atoms with van der Waals surface area (Å²) in [4.78, 5) is 18.4. The van der Waals surface area contributed by atoms with Crippen molar-refractivity contribution in [3.63, 3.8) is 0 Å². The van der Waals surface area contributed by atoms with Crippen molar-refractivity contribution < 1.29 is 4.79 Å². The minimum atomic E-state index is -0.273. The fraction of sp³-hybridized carbons (Fsp3) is 0.429. The molecule has 2 aromatic rings. The Morgan fingerprint density at radius 2 is 2.35 bits per heavy atom. The van der Waals surface area contributed by atoms with Gasteiger partial charge in [-0.2, -0.15) is 0 Å². The Labute approximate surface area is 121 Å². The molecule has 106 valence electrons. The van der Waals surface area contributed by atoms with Gasteiger partial charge in [-0.1, -0.05) is 12.1 Å². The molecule has 5 nitrogen and oxygen atoms in total. The van der Waals surface area contributed by atoms with Gasteiger partial charge in [-0.15, -0.1) is 11.3 Å². The van der Waals surface area contributed by atoms with Crippen LogP contribution in [0.2, 0.25) is 0 Å². The third kappa shape index (κ3) is 2.42. The van der Waals surface area contributed by atoms with Gasteiger partial charge in [0.25, 0.3) is 0 Å². The summed E-state index contributed by atoms with van der Waals surface area (Å²) in [5, 5.41) is 4.26. The first-order chi connectivity index (χ1) is 9.66. The van der Waals surface area contributed by atoms with Crippen LogP contribution in [0.15, 0.2) is 24.3 Å². The van der Waals surface area contributed by atoms with Gasteiger partial charge < -0.3 is 11.1 Å². The van der Waals surface area contributed by atoms with E-state index in [-0.39, 0.29) is 18.0 Å². The molecule has 0 radical (unpaired) electrons. The zero-order valence-corrected chi connectivity index (χ0v) is 12.2. The highest BCUT2D eigenvalue weighted by Crippen LogP contribution is 2.30. The molecular weight excluding hydrogens is 272 g/mol. The average molecular weight is 290 g/mol. The fourth-order valence-corrected chi connectivity index (χ4v) is 3.70. The lowest BCUT2D eigenvalue weighted by Crippen LogP contribution is -2.57. The second kappa shape index (κ2) is 5.47. The number of carbonyl (C=O) groups is 1. The number of fused-ring (bicyclic) bond motifs is 1. The predicted molar refractivity (Wildman–Crippen MR) is 80.6 cm³/mol. The number of amides is 1. The quantitative estimate of drug-likeness (QED) is 0.888. The van der Waals surface area contributed by atoms with Gasteiger partial charge in [0.1, 0.15) is 11.0 Å². The van der Waals surface area contributed by atoms with E-state index in [9.17, 15) is 4.79 Å². The number of aromatic nitrogens is 1. The molecule has 20 heavy (non-hydrogen) atoms. The molecule has 1 aliphatic heterocycles. The van der Waals surface area contributed by atoms with E-state index in [1.807, 2.05) is 18.2 Å². The lowest BCUT2D eigenvalue weighted by Gasteiger charge is -2.37. The van der Waals surface area contributed by atoms with Crippen molar-refractivity contribution in [2.45, 2.75) is 19.0 Å². The highest BCUT2D eigenvalue weighted by molar-refractivity contribution is 7.18. The first-order valence-electron chi connectivity index (χ1n) is 6.78. The van der Waals surface area contributed by atoms with Crippen LogP contribution in [0.1, 0.15) is 18.0 Å². The fourth-order valence-electron chi connectivity index (χ4n) is 2.66. The molecule has 2 heterocycles. The van der Waals surface area contributed by atoms with Crippen molar-refractivity contribution in [2.24, 2.45) is 5.73 Å². The van der Waals surface area contributed by atoms with E-state index in [0.29, 0.717) is 6.54 Å². The Hall–Kier alpha value is -1.50. The van der Waals surface area contributed by atoms with Gasteiger partial charge >= 0.3 is 0 Å². The Bertz CT molecular complexity index is 593. The van der Waals surface area contributed by atoms with Crippen molar-refractivity contribution in [3.8, 4) is 0 Å². The SMILES string of the molecule is CC(c1nc2ccccc2s1)N1CCNCC1C(N)=O. The molecule has 0 bridgehead atoms. The number of benzene rings is 1. The number of nitrogens with two attached hydrogens (primary N) is 1. The van der Waals surface area contributed by atoms with Crippen LogP contribution in [0.25, 0.3) is 10.2 Å². The molecule has 0 spiro atoms. The number of rotatable bonds is 3. The Morgan fingerprint density at radius 3 is 3.10 bits per heavy atom. The van der Waals surface area contributed by atoms with Crippen LogP contribution in [-0.2, 0) is 4.79 Å². The van der Waals surface area contributed by atoms with Crippen LogP contribution in [0, 0.1) is 0 Å². The second-order valence-electron chi connectivity index (χ2n) is 5.06. The molecule has 1 aromatic carbocycles. The third-order valence-electron chi connectivity index (χ3n) is 3.78. The molecule has 0 saturated carbocycles. The van der Waals surface area contributed by atoms with E-state index in [1.54, 1.807) is 11.3 Å². The number of carbonyl (C=O) groups excluding carboxylic acids is 1. The summed E-state index contributed by atoms with van der Waals surface area (Å²) in [5.74, 6) is -0.273. The van der Waals surface area contributed by atoms with Crippen molar-refractivity contribution in [1.29, 1.82) is 0 Å². The number of piperazine rings is 1. The molecule has 2 unspecified atom stereocenters. The number of hydrogen-bond acceptors (Lipinski definition) is 5. The maximum absolute atomic E-state index is 11.6. The third-order valence-corrected chi connectivity index (χ3v) is 4.99. The number of hydrogen-bond donors (Lipinski definition) is 2. The topological polar surface area (TPSA) is 71.2 Å². The lowest BCUT2D eigenvalue weighted by atomic mass is 10.1. The molecule has 3 N–H and O–H groups in total. The van der Waals surface area contributed by atoms with Gasteiger partial charge in [0.2, 0.25) is 5.91 Å². The van der Waals surface area contributed by atoms with Gasteiger partial charge in [-0.3, -0.25) is 9.69 Å². The standard InChI is InChI=1S/C14H18N4OS/c1-9(18-7-6-16-8-11(18)13(15)19)14-17-10-4-2-3-5-12(10)20-14/h2-5,9,11,16H,6-8H2,1H3,(H2,15,19). The van der Waals surface area contributed by atoms with Crippen LogP contribution >= 0.6 is 11.3 Å². The summed E-state index contributed by atoms with van der Waals surface area (Å²) < 4.78 is 1.18. The summed E-state index contributed by atoms with van der Waals surface area (Å²) in [6, 6.07) is 7.95. The zero-order valence-electron chi connectivity index (χ0n) is 11.4. The van der Waals surface area contributed by atoms with Gasteiger partial charge in [0.15, 0.2) is 0 Å². The number of thiazole rings is 1. The van der Waals surface area contributed by atoms with Crippen LogP contribution in [-0.4, -0.2) is 41.5 Å². The predicted octanol–water partition coefficient (Wildman–Crippen LogP) is 1.12. The molecule has 1 fully saturated rings. The van der Waals surface area contributed by atoms with Crippen LogP contribution in [0.5, 0.6) is 0 Å². The molecule has 1 amide bonds. The Balaban J connectivity index is 1.89. The molecule has 0 aliphatic carbocycles. The minimum Gasteiger partial charge on any atom is -0.368 e. The minimum absolute atomic E-state index is 0.104. The summed E-state index contributed by atoms with van der Waals surface area (Å²) in [7, 11) is 0. The zero-order chi connectivity index (χ0) is 14.1. The van der Waals surface area contributed by atoms with Gasteiger partial charge in [0, 0.05) is 19.6 Å². The van der Waals surface area contributed by atoms with Gasteiger partial charge in [-0.25, -0.2) is 4.98 Å². The molecular formula is C14H18N4OS. The largest absolute Gasteiger partial charge is 0.368 e. The van der Waals surface area contributed by atoms with E-state index in [2.05, 4.69) is 28.2 Å². The van der Waals surface area contributed by atoms with E-state index >= 15 is 0 Å². The monoisotopic (exact) mass is 290 g/mol. The van der Waals surface area contributed by atoms with Crippen molar-refractivity contribution in [2.75, 3.05) is 19.6 Å². The van der Waals surface area contributed by atoms with E-state index in [4.69, 9.17) is 5.73 Å². The smallest absolute Gasteiger partial charge is 0.236 e. The lowest BCUT2D eigenvalue weighted by molar-refractivity contribution is -0.124. The number of nitrogens with zero attached hydrogens (tertiary/aromatic N) is 2. The maximum Gasteiger partial charge on any atom is 0.236 e. The molecule has 1 aromatic heterocycles. The first kappa shape index (κ1) is 13.5. The second-order valence-corrected chi connectivity index (χ2v) is 6.12. The van der Waals surface area contributed by atoms with E-state index in [1.165, 1.54) is 4.70 Å². The number of nitrogens with one attached hydrogen (secondary N) is 1. The van der Waals surface area contributed by atoms with Crippen LogP contribution < -0.4 is 11.1 Å². The van der Waals surface area contributed by atoms with Crippen molar-refractivity contribution in [3.05, 3.63) is 29.3 Å². The Kier molecular flexibility index (Phi) is 3.69. The molecule has 2 atom stereocenters. The highest BCUT2D eigenvalue weighted by atomic mass is 32.1. The maximum atomic E-state index is 11.6. The Morgan fingerprint density at radius 1 is 1.55 bits per heavy atom. The van der Waals surface area contributed by atoms with Gasteiger partial charge in [0.05, 0.1) is 16.3 Å². The van der Waals surface area contributed by atoms with E-state index in [0.717, 1.165) is 23.6 Å². The van der Waals surface area contributed by atoms with Crippen LogP contribution in [0.4, 0.5) is 0 Å². The first-order valence-corrected chi connectivity index (χ1v) is 7.59. The summed E-state index contributed by atoms with van der Waals surface area (Å²) in [5.41, 5.74) is 6.53. The molecule has 6 heteroatoms. The summed E-state index contributed by atoms with van der Waals surface area (Å²) in [6.45, 7) is 4.40. The molecule has 1 aliphatic rings. The average Bonchev–Trinajstić information content (AvgIpc) is 2.90.